The molecule has 3 N–H and O–H groups in total. The molecule has 37 heavy (non-hydrogen) atoms. The molecule has 0 aliphatic carbocycles. The zero-order valence-corrected chi connectivity index (χ0v) is 20.0. The van der Waals surface area contributed by atoms with Crippen molar-refractivity contribution in [3.63, 3.8) is 0 Å². The van der Waals surface area contributed by atoms with Crippen LogP contribution < -0.4 is 5.32 Å². The van der Waals surface area contributed by atoms with Gasteiger partial charge in [-0.1, -0.05) is 59.8 Å². The molecule has 1 heterocycles. The molecule has 0 aliphatic rings. The molecule has 0 saturated carbocycles. The summed E-state index contributed by atoms with van der Waals surface area (Å²) in [5.41, 5.74) is 1.78. The minimum Gasteiger partial charge on any atom is -0.480 e. The maximum absolute atomic E-state index is 14.0. The monoisotopic (exact) mass is 511 g/mol. The summed E-state index contributed by atoms with van der Waals surface area (Å²) in [4.78, 5) is 15.4. The first-order chi connectivity index (χ1) is 17.6. The summed E-state index contributed by atoms with van der Waals surface area (Å²) in [6.07, 6.45) is -4.60. The first-order valence-corrected chi connectivity index (χ1v) is 11.4. The van der Waals surface area contributed by atoms with E-state index in [0.717, 1.165) is 11.6 Å². The minimum atomic E-state index is -4.60. The number of carboxylic acids is 1. The van der Waals surface area contributed by atoms with Crippen LogP contribution in [0.3, 0.4) is 0 Å². The Morgan fingerprint density at radius 1 is 1.03 bits per heavy atom. The number of hydrogen-bond acceptors (Lipinski definition) is 6. The highest BCUT2D eigenvalue weighted by Crippen LogP contribution is 2.40. The standard InChI is InChI=1S/C27H24F3N3O4/c1-15-5-3-4-6-20(15)21-12-11-19(13-22(21)27(28,29)30)25-32-24(33-37-25)18-9-7-17(8-10-18)23(14-34)31-16(2)26(35)36/h3-13,16,23,31,34H,14H2,1-2H3,(H,35,36)/t16-,23-/m1/s1. The van der Waals surface area contributed by atoms with Crippen molar-refractivity contribution in [3.8, 4) is 34.0 Å². The van der Waals surface area contributed by atoms with Gasteiger partial charge in [-0.05, 0) is 48.2 Å². The molecular formula is C27H24F3N3O4. The van der Waals surface area contributed by atoms with Crippen molar-refractivity contribution < 1.29 is 32.7 Å². The molecular weight excluding hydrogens is 487 g/mol. The molecule has 0 aliphatic heterocycles. The third-order valence-corrected chi connectivity index (χ3v) is 6.01. The van der Waals surface area contributed by atoms with Gasteiger partial charge in [0.2, 0.25) is 5.82 Å². The SMILES string of the molecule is Cc1ccccc1-c1ccc(-c2nc(-c3ccc([C@@H](CO)N[C@H](C)C(=O)O)cc3)no2)cc1C(F)(F)F. The second-order valence-electron chi connectivity index (χ2n) is 8.58. The summed E-state index contributed by atoms with van der Waals surface area (Å²) >= 11 is 0. The van der Waals surface area contributed by atoms with E-state index in [-0.39, 0.29) is 29.4 Å². The number of aliphatic carboxylic acids is 1. The molecule has 7 nitrogen and oxygen atoms in total. The Morgan fingerprint density at radius 2 is 1.70 bits per heavy atom. The molecule has 2 atom stereocenters. The third kappa shape index (κ3) is 5.71. The van der Waals surface area contributed by atoms with E-state index in [1.807, 2.05) is 0 Å². The first kappa shape index (κ1) is 26.1. The van der Waals surface area contributed by atoms with Crippen LogP contribution in [-0.4, -0.2) is 39.0 Å². The van der Waals surface area contributed by atoms with E-state index in [0.29, 0.717) is 16.7 Å². The van der Waals surface area contributed by atoms with E-state index >= 15 is 0 Å². The van der Waals surface area contributed by atoms with Crippen LogP contribution in [0.4, 0.5) is 13.2 Å². The Labute approximate surface area is 210 Å². The zero-order valence-electron chi connectivity index (χ0n) is 20.0. The Bertz CT molecular complexity index is 1400. The van der Waals surface area contributed by atoms with E-state index in [4.69, 9.17) is 9.63 Å². The number of aryl methyl sites for hydroxylation is 1. The smallest absolute Gasteiger partial charge is 0.417 e. The van der Waals surface area contributed by atoms with Crippen LogP contribution in [0.25, 0.3) is 34.0 Å². The van der Waals surface area contributed by atoms with Crippen LogP contribution in [-0.2, 0) is 11.0 Å². The van der Waals surface area contributed by atoms with Crippen molar-refractivity contribution in [1.29, 1.82) is 0 Å². The van der Waals surface area contributed by atoms with Crippen LogP contribution in [0.1, 0.15) is 29.7 Å². The molecule has 4 rings (SSSR count). The van der Waals surface area contributed by atoms with Crippen LogP contribution >= 0.6 is 0 Å². The number of aliphatic hydroxyl groups excluding tert-OH is 1. The highest BCUT2D eigenvalue weighted by atomic mass is 19.4. The summed E-state index contributed by atoms with van der Waals surface area (Å²) in [5, 5.41) is 25.4. The van der Waals surface area contributed by atoms with Crippen molar-refractivity contribution in [2.24, 2.45) is 0 Å². The Kier molecular flexibility index (Phi) is 7.42. The second kappa shape index (κ2) is 10.5. The van der Waals surface area contributed by atoms with Gasteiger partial charge in [0.1, 0.15) is 6.04 Å². The molecule has 0 radical (unpaired) electrons. The van der Waals surface area contributed by atoms with Gasteiger partial charge in [-0.25, -0.2) is 0 Å². The molecule has 10 heteroatoms. The number of carboxylic acid groups (broad SMARTS) is 1. The molecule has 0 unspecified atom stereocenters. The number of alkyl halides is 3. The molecule has 0 amide bonds. The van der Waals surface area contributed by atoms with Gasteiger partial charge in [0.25, 0.3) is 5.89 Å². The summed E-state index contributed by atoms with van der Waals surface area (Å²) in [7, 11) is 0. The van der Waals surface area contributed by atoms with E-state index in [9.17, 15) is 23.1 Å². The van der Waals surface area contributed by atoms with Crippen LogP contribution in [0.15, 0.2) is 71.3 Å². The number of rotatable bonds is 8. The maximum atomic E-state index is 14.0. The third-order valence-electron chi connectivity index (χ3n) is 6.01. The first-order valence-electron chi connectivity index (χ1n) is 11.4. The number of halogens is 3. The molecule has 4 aromatic rings. The molecule has 0 fully saturated rings. The largest absolute Gasteiger partial charge is 0.480 e. The lowest BCUT2D eigenvalue weighted by Crippen LogP contribution is -2.38. The number of nitrogens with one attached hydrogen (secondary N) is 1. The van der Waals surface area contributed by atoms with Crippen LogP contribution in [0.5, 0.6) is 0 Å². The number of aliphatic hydroxyl groups is 1. The summed E-state index contributed by atoms with van der Waals surface area (Å²) < 4.78 is 47.2. The fourth-order valence-electron chi connectivity index (χ4n) is 3.97. The van der Waals surface area contributed by atoms with Gasteiger partial charge in [-0.15, -0.1) is 0 Å². The minimum absolute atomic E-state index is 0.0638. The van der Waals surface area contributed by atoms with Crippen molar-refractivity contribution in [2.45, 2.75) is 32.1 Å². The van der Waals surface area contributed by atoms with Gasteiger partial charge < -0.3 is 14.7 Å². The topological polar surface area (TPSA) is 108 Å². The van der Waals surface area contributed by atoms with E-state index in [2.05, 4.69) is 15.5 Å². The summed E-state index contributed by atoms with van der Waals surface area (Å²) in [6.45, 7) is 2.91. The number of carbonyl (C=O) groups is 1. The highest BCUT2D eigenvalue weighted by molar-refractivity contribution is 5.75. The van der Waals surface area contributed by atoms with Crippen LogP contribution in [0, 0.1) is 6.92 Å². The van der Waals surface area contributed by atoms with Gasteiger partial charge in [0, 0.05) is 11.1 Å². The predicted molar refractivity (Wildman–Crippen MR) is 130 cm³/mol. The number of benzene rings is 3. The van der Waals surface area contributed by atoms with Crippen molar-refractivity contribution in [3.05, 3.63) is 83.4 Å². The average Bonchev–Trinajstić information content (AvgIpc) is 3.37. The fourth-order valence-corrected chi connectivity index (χ4v) is 3.97. The van der Waals surface area contributed by atoms with Gasteiger partial charge in [0.15, 0.2) is 0 Å². The van der Waals surface area contributed by atoms with Gasteiger partial charge in [-0.2, -0.15) is 18.2 Å². The Hall–Kier alpha value is -4.02. The number of aromatic nitrogens is 2. The molecule has 0 spiro atoms. The average molecular weight is 512 g/mol. The quantitative estimate of drug-likeness (QED) is 0.287. The summed E-state index contributed by atoms with van der Waals surface area (Å²) in [5.74, 6) is -0.938. The Balaban J connectivity index is 1.62. The maximum Gasteiger partial charge on any atom is 0.417 e. The lowest BCUT2D eigenvalue weighted by Gasteiger charge is -2.19. The van der Waals surface area contributed by atoms with Crippen molar-refractivity contribution >= 4 is 5.97 Å². The van der Waals surface area contributed by atoms with E-state index < -0.39 is 29.8 Å². The van der Waals surface area contributed by atoms with Crippen LogP contribution in [0.2, 0.25) is 0 Å². The van der Waals surface area contributed by atoms with Gasteiger partial charge in [0.05, 0.1) is 18.2 Å². The van der Waals surface area contributed by atoms with E-state index in [1.165, 1.54) is 19.1 Å². The summed E-state index contributed by atoms with van der Waals surface area (Å²) in [6, 6.07) is 16.0. The number of nitrogens with zero attached hydrogens (tertiary/aromatic N) is 2. The fraction of sp³-hybridized carbons (Fsp3) is 0.222. The van der Waals surface area contributed by atoms with Gasteiger partial charge >= 0.3 is 12.1 Å². The lowest BCUT2D eigenvalue weighted by molar-refractivity contribution is -0.139. The highest BCUT2D eigenvalue weighted by Gasteiger charge is 2.34. The van der Waals surface area contributed by atoms with Crippen molar-refractivity contribution in [2.75, 3.05) is 6.61 Å². The Morgan fingerprint density at radius 3 is 2.32 bits per heavy atom. The predicted octanol–water partition coefficient (Wildman–Crippen LogP) is 5.49. The molecule has 1 aromatic heterocycles. The number of hydrogen-bond donors (Lipinski definition) is 3. The second-order valence-corrected chi connectivity index (χ2v) is 8.58. The van der Waals surface area contributed by atoms with Crippen molar-refractivity contribution in [1.82, 2.24) is 15.5 Å². The normalized spacial score (nSPS) is 13.4. The molecule has 192 valence electrons. The molecule has 3 aromatic carbocycles. The lowest BCUT2D eigenvalue weighted by atomic mass is 9.94. The zero-order chi connectivity index (χ0) is 26.7. The molecule has 0 bridgehead atoms. The van der Waals surface area contributed by atoms with Gasteiger partial charge in [-0.3, -0.25) is 10.1 Å². The van der Waals surface area contributed by atoms with E-state index in [1.54, 1.807) is 55.5 Å². The molecule has 0 saturated heterocycles.